The first kappa shape index (κ1) is 27.9. The van der Waals surface area contributed by atoms with Gasteiger partial charge in [0.05, 0.1) is 22.4 Å². The second-order valence-corrected chi connectivity index (χ2v) is 11.6. The van der Waals surface area contributed by atoms with Gasteiger partial charge < -0.3 is 10.1 Å². The Balaban J connectivity index is 1.90. The van der Waals surface area contributed by atoms with Crippen LogP contribution in [0.3, 0.4) is 0 Å². The minimum atomic E-state index is -0.362. The lowest BCUT2D eigenvalue weighted by molar-refractivity contribution is -0.122. The number of amides is 2. The maximum absolute atomic E-state index is 13.8. The van der Waals surface area contributed by atoms with E-state index >= 15 is 0 Å². The van der Waals surface area contributed by atoms with Gasteiger partial charge in [0.1, 0.15) is 18.2 Å². The predicted molar refractivity (Wildman–Crippen MR) is 150 cm³/mol. The van der Waals surface area contributed by atoms with E-state index in [1.807, 2.05) is 31.2 Å². The van der Waals surface area contributed by atoms with Crippen LogP contribution in [0.15, 0.2) is 48.5 Å². The van der Waals surface area contributed by atoms with Gasteiger partial charge in [0.25, 0.3) is 0 Å². The van der Waals surface area contributed by atoms with Gasteiger partial charge in [-0.15, -0.1) is 11.8 Å². The Kier molecular flexibility index (Phi) is 8.57. The number of anilines is 1. The van der Waals surface area contributed by atoms with Gasteiger partial charge in [0.2, 0.25) is 11.8 Å². The second kappa shape index (κ2) is 11.7. The van der Waals surface area contributed by atoms with Crippen molar-refractivity contribution in [3.05, 3.63) is 76.7 Å². The molecule has 0 spiro atoms. The Labute approximate surface area is 227 Å². The summed E-state index contributed by atoms with van der Waals surface area (Å²) in [6, 6.07) is 14.3. The Morgan fingerprint density at radius 2 is 1.95 bits per heavy atom. The lowest BCUT2D eigenvalue weighted by Gasteiger charge is -2.24. The quantitative estimate of drug-likeness (QED) is 0.411. The Morgan fingerprint density at radius 3 is 2.61 bits per heavy atom. The van der Waals surface area contributed by atoms with Crippen molar-refractivity contribution in [2.24, 2.45) is 0 Å². The van der Waals surface area contributed by atoms with Gasteiger partial charge in [-0.25, -0.2) is 9.07 Å². The Morgan fingerprint density at radius 1 is 1.21 bits per heavy atom. The number of ether oxygens (including phenoxy) is 1. The molecule has 0 aliphatic carbocycles. The molecule has 1 aliphatic rings. The molecule has 0 saturated carbocycles. The first-order valence-corrected chi connectivity index (χ1v) is 13.8. The highest BCUT2D eigenvalue weighted by Gasteiger charge is 2.39. The summed E-state index contributed by atoms with van der Waals surface area (Å²) in [4.78, 5) is 28.2. The topological polar surface area (TPSA) is 76.5 Å². The molecule has 2 heterocycles. The Hall–Kier alpha value is -3.17. The van der Waals surface area contributed by atoms with E-state index in [2.05, 4.69) is 26.1 Å². The lowest BCUT2D eigenvalue weighted by Crippen LogP contribution is -2.42. The number of aromatic nitrogens is 2. The number of fused-ring (bicyclic) bond motifs is 1. The molecule has 0 radical (unpaired) electrons. The molecule has 0 unspecified atom stereocenters. The summed E-state index contributed by atoms with van der Waals surface area (Å²) in [7, 11) is 1.62. The molecule has 9 heteroatoms. The fraction of sp³-hybridized carbons (Fsp3) is 0.414. The fourth-order valence-corrected chi connectivity index (χ4v) is 5.76. The van der Waals surface area contributed by atoms with Crippen LogP contribution < -0.4 is 10.2 Å². The van der Waals surface area contributed by atoms with E-state index < -0.39 is 0 Å². The average Bonchev–Trinajstić information content (AvgIpc) is 3.21. The normalized spacial score (nSPS) is 15.8. The highest BCUT2D eigenvalue weighted by atomic mass is 32.2. The third-order valence-electron chi connectivity index (χ3n) is 6.37. The summed E-state index contributed by atoms with van der Waals surface area (Å²) >= 11 is 1.48. The number of benzene rings is 2. The second-order valence-electron chi connectivity index (χ2n) is 10.5. The number of hydrogen-bond acceptors (Lipinski definition) is 5. The molecule has 1 atom stereocenters. The number of nitrogens with one attached hydrogen (secondary N) is 1. The van der Waals surface area contributed by atoms with E-state index in [0.717, 1.165) is 28.1 Å². The van der Waals surface area contributed by atoms with Crippen LogP contribution in [-0.2, 0) is 19.7 Å². The zero-order valence-electron chi connectivity index (χ0n) is 22.6. The SMILES string of the molecule is COCCCNC(=O)CN1C(=O)CS[C@@H](c2ccc(F)cc2)c2c(C(C)(C)C)nn(-c3cccc(C)c3)c21. The predicted octanol–water partition coefficient (Wildman–Crippen LogP) is 4.94. The van der Waals surface area contributed by atoms with Gasteiger partial charge in [-0.2, -0.15) is 5.10 Å². The van der Waals surface area contributed by atoms with Crippen LogP contribution in [-0.4, -0.2) is 54.2 Å². The molecule has 3 aromatic rings. The van der Waals surface area contributed by atoms with Crippen molar-refractivity contribution in [3.63, 3.8) is 0 Å². The van der Waals surface area contributed by atoms with E-state index in [1.165, 1.54) is 23.9 Å². The molecule has 7 nitrogen and oxygen atoms in total. The number of carbonyl (C=O) groups is 2. The van der Waals surface area contributed by atoms with Gasteiger partial charge >= 0.3 is 0 Å². The molecule has 4 rings (SSSR count). The smallest absolute Gasteiger partial charge is 0.240 e. The highest BCUT2D eigenvalue weighted by Crippen LogP contribution is 2.48. The van der Waals surface area contributed by atoms with Gasteiger partial charge in [0, 0.05) is 31.2 Å². The minimum Gasteiger partial charge on any atom is -0.385 e. The summed E-state index contributed by atoms with van der Waals surface area (Å²) in [5.74, 6) is 0.00590. The van der Waals surface area contributed by atoms with Crippen molar-refractivity contribution in [2.45, 2.75) is 44.8 Å². The zero-order chi connectivity index (χ0) is 27.4. The van der Waals surface area contributed by atoms with Crippen LogP contribution in [0.1, 0.15) is 54.8 Å². The van der Waals surface area contributed by atoms with Gasteiger partial charge in [0.15, 0.2) is 0 Å². The van der Waals surface area contributed by atoms with Crippen molar-refractivity contribution in [3.8, 4) is 5.69 Å². The molecule has 1 aliphatic heterocycles. The molecule has 0 saturated heterocycles. The standard InChI is InChI=1S/C29H35FN4O3S/c1-19-8-6-9-22(16-19)34-28-25(27(32-34)29(2,3)4)26(20-10-12-21(30)13-11-20)38-18-24(36)33(28)17-23(35)31-14-7-15-37-5/h6,8-13,16,26H,7,14-15,17-18H2,1-5H3,(H,31,35)/t26-/m0/s1. The van der Waals surface area contributed by atoms with E-state index in [4.69, 9.17) is 9.84 Å². The third kappa shape index (κ3) is 6.10. The monoisotopic (exact) mass is 538 g/mol. The van der Waals surface area contributed by atoms with Gasteiger partial charge in [-0.05, 0) is 48.7 Å². The van der Waals surface area contributed by atoms with E-state index in [0.29, 0.717) is 25.4 Å². The van der Waals surface area contributed by atoms with Crippen LogP contribution in [0.5, 0.6) is 0 Å². The lowest BCUT2D eigenvalue weighted by atomic mass is 9.87. The number of rotatable bonds is 8. The average molecular weight is 539 g/mol. The van der Waals surface area contributed by atoms with Gasteiger partial charge in [-0.1, -0.05) is 45.0 Å². The maximum atomic E-state index is 13.8. The van der Waals surface area contributed by atoms with E-state index in [-0.39, 0.29) is 40.6 Å². The Bertz CT molecular complexity index is 1300. The number of hydrogen-bond donors (Lipinski definition) is 1. The molecule has 38 heavy (non-hydrogen) atoms. The summed E-state index contributed by atoms with van der Waals surface area (Å²) in [5.41, 5.74) is 4.07. The van der Waals surface area contributed by atoms with Crippen LogP contribution in [0.4, 0.5) is 10.2 Å². The molecule has 2 amide bonds. The molecular formula is C29H35FN4O3S. The van der Waals surface area contributed by atoms with E-state index in [1.54, 1.807) is 28.8 Å². The van der Waals surface area contributed by atoms with Gasteiger partial charge in [-0.3, -0.25) is 14.5 Å². The number of carbonyl (C=O) groups excluding carboxylic acids is 2. The van der Waals surface area contributed by atoms with Crippen molar-refractivity contribution >= 4 is 29.4 Å². The molecule has 0 fully saturated rings. The zero-order valence-corrected chi connectivity index (χ0v) is 23.4. The summed E-state index contributed by atoms with van der Waals surface area (Å²) < 4.78 is 20.7. The van der Waals surface area contributed by atoms with Crippen LogP contribution in [0, 0.1) is 12.7 Å². The number of nitrogens with zero attached hydrogens (tertiary/aromatic N) is 3. The van der Waals surface area contributed by atoms with Crippen molar-refractivity contribution in [2.75, 3.05) is 37.5 Å². The van der Waals surface area contributed by atoms with Crippen molar-refractivity contribution in [1.29, 1.82) is 0 Å². The number of thioether (sulfide) groups is 1. The van der Waals surface area contributed by atoms with Crippen molar-refractivity contribution in [1.82, 2.24) is 15.1 Å². The minimum absolute atomic E-state index is 0.128. The number of aryl methyl sites for hydroxylation is 1. The number of methoxy groups -OCH3 is 1. The maximum Gasteiger partial charge on any atom is 0.240 e. The van der Waals surface area contributed by atoms with Crippen molar-refractivity contribution < 1.29 is 18.7 Å². The van der Waals surface area contributed by atoms with Crippen LogP contribution in [0.2, 0.25) is 0 Å². The van der Waals surface area contributed by atoms with E-state index in [9.17, 15) is 14.0 Å². The highest BCUT2D eigenvalue weighted by molar-refractivity contribution is 8.00. The van der Waals surface area contributed by atoms with Crippen LogP contribution >= 0.6 is 11.8 Å². The molecule has 202 valence electrons. The largest absolute Gasteiger partial charge is 0.385 e. The molecule has 0 bridgehead atoms. The third-order valence-corrected chi connectivity index (χ3v) is 7.62. The number of halogens is 1. The fourth-order valence-electron chi connectivity index (χ4n) is 4.56. The first-order valence-electron chi connectivity index (χ1n) is 12.7. The molecular weight excluding hydrogens is 503 g/mol. The molecule has 1 aromatic heterocycles. The molecule has 1 N–H and O–H groups in total. The first-order chi connectivity index (χ1) is 18.1. The summed E-state index contributed by atoms with van der Waals surface area (Å²) in [5, 5.41) is 7.71. The van der Waals surface area contributed by atoms with Crippen LogP contribution in [0.25, 0.3) is 5.69 Å². The summed E-state index contributed by atoms with van der Waals surface area (Å²) in [6.45, 7) is 9.13. The molecule has 2 aromatic carbocycles. The summed E-state index contributed by atoms with van der Waals surface area (Å²) in [6.07, 6.45) is 0.680.